The van der Waals surface area contributed by atoms with E-state index in [1.807, 2.05) is 0 Å². The zero-order valence-corrected chi connectivity index (χ0v) is 16.0. The molecule has 0 N–H and O–H groups in total. The molecule has 1 heterocycles. The molecule has 0 radical (unpaired) electrons. The second-order valence-electron chi connectivity index (χ2n) is 7.20. The Hall–Kier alpha value is -2.66. The first-order chi connectivity index (χ1) is 13.6. The lowest BCUT2D eigenvalue weighted by Gasteiger charge is -2.19. The molecule has 1 saturated carbocycles. The summed E-state index contributed by atoms with van der Waals surface area (Å²) in [4.78, 5) is 39.4. The Kier molecular flexibility index (Phi) is 5.18. The van der Waals surface area contributed by atoms with Gasteiger partial charge in [-0.3, -0.25) is 14.4 Å². The van der Waals surface area contributed by atoms with Gasteiger partial charge in [0, 0.05) is 10.6 Å². The smallest absolute Gasteiger partial charge is 0.237 e. The van der Waals surface area contributed by atoms with E-state index in [1.165, 1.54) is 4.90 Å². The summed E-state index contributed by atoms with van der Waals surface area (Å²) in [6.45, 7) is -0.193. The van der Waals surface area contributed by atoms with E-state index in [-0.39, 0.29) is 36.0 Å². The third-order valence-electron chi connectivity index (χ3n) is 5.47. The maximum atomic E-state index is 12.9. The summed E-state index contributed by atoms with van der Waals surface area (Å²) in [5.74, 6) is -0.635. The van der Waals surface area contributed by atoms with Crippen molar-refractivity contribution in [3.8, 4) is 5.75 Å². The highest BCUT2D eigenvalue weighted by Crippen LogP contribution is 2.42. The van der Waals surface area contributed by atoms with Crippen molar-refractivity contribution >= 4 is 34.9 Å². The fourth-order valence-electron chi connectivity index (χ4n) is 4.03. The number of anilines is 1. The van der Waals surface area contributed by atoms with Crippen LogP contribution in [0.25, 0.3) is 0 Å². The van der Waals surface area contributed by atoms with Crippen molar-refractivity contribution < 1.29 is 19.1 Å². The summed E-state index contributed by atoms with van der Waals surface area (Å²) < 4.78 is 5.72. The summed E-state index contributed by atoms with van der Waals surface area (Å²) in [5, 5.41) is 0.551. The van der Waals surface area contributed by atoms with Crippen molar-refractivity contribution in [2.45, 2.75) is 25.7 Å². The first-order valence-corrected chi connectivity index (χ1v) is 9.82. The molecule has 6 heteroatoms. The van der Waals surface area contributed by atoms with Crippen LogP contribution in [-0.4, -0.2) is 24.2 Å². The number of amides is 2. The molecule has 2 aromatic carbocycles. The second kappa shape index (κ2) is 7.76. The Morgan fingerprint density at radius 2 is 1.57 bits per heavy atom. The average Bonchev–Trinajstić information content (AvgIpc) is 2.97. The monoisotopic (exact) mass is 397 g/mol. The van der Waals surface area contributed by atoms with Crippen LogP contribution in [0.1, 0.15) is 36.0 Å². The van der Waals surface area contributed by atoms with Gasteiger partial charge in [-0.05, 0) is 49.2 Å². The Bertz CT molecular complexity index is 900. The van der Waals surface area contributed by atoms with Crippen molar-refractivity contribution in [1.29, 1.82) is 0 Å². The van der Waals surface area contributed by atoms with Crippen molar-refractivity contribution in [1.82, 2.24) is 0 Å². The summed E-state index contributed by atoms with van der Waals surface area (Å²) in [6.07, 6.45) is 3.46. The summed E-state index contributed by atoms with van der Waals surface area (Å²) >= 11 is 5.85. The molecular formula is C22H20ClNO4. The molecule has 2 amide bonds. The van der Waals surface area contributed by atoms with Crippen molar-refractivity contribution in [2.24, 2.45) is 11.8 Å². The Morgan fingerprint density at radius 1 is 0.964 bits per heavy atom. The van der Waals surface area contributed by atoms with Gasteiger partial charge in [-0.1, -0.05) is 36.6 Å². The lowest BCUT2D eigenvalue weighted by atomic mass is 9.81. The lowest BCUT2D eigenvalue weighted by Crippen LogP contribution is -2.31. The van der Waals surface area contributed by atoms with E-state index < -0.39 is 0 Å². The fourth-order valence-corrected chi connectivity index (χ4v) is 4.15. The molecule has 1 aliphatic heterocycles. The van der Waals surface area contributed by atoms with Crippen molar-refractivity contribution in [3.05, 3.63) is 59.1 Å². The van der Waals surface area contributed by atoms with Gasteiger partial charge in [0.15, 0.2) is 12.4 Å². The number of rotatable bonds is 5. The quantitative estimate of drug-likeness (QED) is 0.558. The normalized spacial score (nSPS) is 21.5. The van der Waals surface area contributed by atoms with E-state index in [9.17, 15) is 14.4 Å². The number of para-hydroxylation sites is 2. The topological polar surface area (TPSA) is 63.7 Å². The molecule has 0 aromatic heterocycles. The van der Waals surface area contributed by atoms with Gasteiger partial charge < -0.3 is 4.74 Å². The molecule has 0 bridgehead atoms. The highest BCUT2D eigenvalue weighted by molar-refractivity contribution is 6.30. The minimum atomic E-state index is -0.231. The van der Waals surface area contributed by atoms with Gasteiger partial charge in [0.25, 0.3) is 0 Å². The Balaban J connectivity index is 1.54. The Morgan fingerprint density at radius 3 is 2.21 bits per heavy atom. The average molecular weight is 398 g/mol. The van der Waals surface area contributed by atoms with E-state index in [0.717, 1.165) is 25.7 Å². The van der Waals surface area contributed by atoms with Gasteiger partial charge in [-0.25, -0.2) is 4.90 Å². The van der Waals surface area contributed by atoms with Crippen LogP contribution in [0.15, 0.2) is 48.5 Å². The first kappa shape index (κ1) is 18.7. The number of ketones is 1. The molecule has 1 aliphatic carbocycles. The molecule has 2 atom stereocenters. The van der Waals surface area contributed by atoms with Crippen LogP contribution in [0.4, 0.5) is 5.69 Å². The molecule has 1 saturated heterocycles. The summed E-state index contributed by atoms with van der Waals surface area (Å²) in [5.41, 5.74) is 0.900. The number of imide groups is 1. The fraction of sp³-hybridized carbons (Fsp3) is 0.318. The Labute approximate surface area is 168 Å². The predicted octanol–water partition coefficient (Wildman–Crippen LogP) is 4.28. The van der Waals surface area contributed by atoms with Crippen LogP contribution in [0.2, 0.25) is 5.02 Å². The van der Waals surface area contributed by atoms with Crippen LogP contribution in [0, 0.1) is 11.8 Å². The van der Waals surface area contributed by atoms with Crippen LogP contribution in [0.5, 0.6) is 5.75 Å². The molecule has 2 unspecified atom stereocenters. The molecule has 144 valence electrons. The maximum absolute atomic E-state index is 12.9. The number of ether oxygens (including phenoxy) is 1. The van der Waals surface area contributed by atoms with Gasteiger partial charge >= 0.3 is 0 Å². The maximum Gasteiger partial charge on any atom is 0.237 e. The van der Waals surface area contributed by atoms with Crippen LogP contribution >= 0.6 is 11.6 Å². The number of carbonyl (C=O) groups excluding carboxylic acids is 3. The summed E-state index contributed by atoms with van der Waals surface area (Å²) in [7, 11) is 0. The number of Topliss-reactive ketones (excluding diaryl/α,β-unsaturated/α-hetero) is 1. The highest BCUT2D eigenvalue weighted by Gasteiger charge is 2.49. The molecule has 2 fully saturated rings. The van der Waals surface area contributed by atoms with E-state index in [1.54, 1.807) is 48.5 Å². The van der Waals surface area contributed by atoms with Crippen LogP contribution in [0.3, 0.4) is 0 Å². The minimum Gasteiger partial charge on any atom is -0.483 e. The highest BCUT2D eigenvalue weighted by atomic mass is 35.5. The van der Waals surface area contributed by atoms with Gasteiger partial charge in [0.2, 0.25) is 11.8 Å². The zero-order valence-electron chi connectivity index (χ0n) is 15.3. The molecule has 4 rings (SSSR count). The summed E-state index contributed by atoms with van der Waals surface area (Å²) in [6, 6.07) is 13.4. The van der Waals surface area contributed by atoms with Gasteiger partial charge in [0.05, 0.1) is 17.5 Å². The number of hydrogen-bond acceptors (Lipinski definition) is 4. The third kappa shape index (κ3) is 3.42. The molecule has 2 aromatic rings. The predicted molar refractivity (Wildman–Crippen MR) is 106 cm³/mol. The number of carbonyl (C=O) groups is 3. The molecule has 0 spiro atoms. The van der Waals surface area contributed by atoms with Gasteiger partial charge in [-0.15, -0.1) is 0 Å². The molecular weight excluding hydrogens is 378 g/mol. The molecule has 28 heavy (non-hydrogen) atoms. The number of fused-ring (bicyclic) bond motifs is 1. The number of nitrogens with zero attached hydrogens (tertiary/aromatic N) is 1. The number of hydrogen-bond donors (Lipinski definition) is 0. The lowest BCUT2D eigenvalue weighted by molar-refractivity contribution is -0.122. The molecule has 5 nitrogen and oxygen atoms in total. The standard InChI is InChI=1S/C22H20ClNO4/c23-15-11-9-14(10-12-15)19(25)13-28-20-8-4-3-7-18(20)24-21(26)16-5-1-2-6-17(16)22(24)27/h3-4,7-12,16-17H,1-2,5-6,13H2. The largest absolute Gasteiger partial charge is 0.483 e. The van der Waals surface area contributed by atoms with E-state index >= 15 is 0 Å². The van der Waals surface area contributed by atoms with E-state index in [0.29, 0.717) is 22.0 Å². The van der Waals surface area contributed by atoms with E-state index in [4.69, 9.17) is 16.3 Å². The molecule has 2 aliphatic rings. The minimum absolute atomic E-state index is 0.158. The van der Waals surface area contributed by atoms with Crippen LogP contribution < -0.4 is 9.64 Å². The van der Waals surface area contributed by atoms with Gasteiger partial charge in [-0.2, -0.15) is 0 Å². The van der Waals surface area contributed by atoms with E-state index in [2.05, 4.69) is 0 Å². The zero-order chi connectivity index (χ0) is 19.7. The first-order valence-electron chi connectivity index (χ1n) is 9.44. The van der Waals surface area contributed by atoms with Crippen molar-refractivity contribution in [3.63, 3.8) is 0 Å². The van der Waals surface area contributed by atoms with Crippen LogP contribution in [-0.2, 0) is 9.59 Å². The second-order valence-corrected chi connectivity index (χ2v) is 7.63. The third-order valence-corrected chi connectivity index (χ3v) is 5.72. The number of benzene rings is 2. The van der Waals surface area contributed by atoms with Crippen molar-refractivity contribution in [2.75, 3.05) is 11.5 Å². The SMILES string of the molecule is O=C(COc1ccccc1N1C(=O)C2CCCCC2C1=O)c1ccc(Cl)cc1. The van der Waals surface area contributed by atoms with Gasteiger partial charge in [0.1, 0.15) is 5.75 Å². The number of halogens is 1.